The van der Waals surface area contributed by atoms with E-state index in [0.717, 1.165) is 17.1 Å². The summed E-state index contributed by atoms with van der Waals surface area (Å²) < 4.78 is 23.0. The number of hydrogen-bond acceptors (Lipinski definition) is 6. The normalized spacial score (nSPS) is 10.5. The second-order valence-corrected chi connectivity index (χ2v) is 6.70. The van der Waals surface area contributed by atoms with E-state index >= 15 is 0 Å². The molecule has 1 heterocycles. The third-order valence-electron chi connectivity index (χ3n) is 4.92. The highest BCUT2D eigenvalue weighted by molar-refractivity contribution is 5.66. The molecule has 1 aromatic heterocycles. The van der Waals surface area contributed by atoms with E-state index in [9.17, 15) is 4.79 Å². The highest BCUT2D eigenvalue weighted by Gasteiger charge is 2.14. The first kappa shape index (κ1) is 21.1. The van der Waals surface area contributed by atoms with Gasteiger partial charge in [0.2, 0.25) is 0 Å². The molecule has 1 N–H and O–H groups in total. The molecule has 0 atom stereocenters. The Morgan fingerprint density at radius 3 is 1.90 bits per heavy atom. The van der Waals surface area contributed by atoms with E-state index in [1.54, 1.807) is 52.1 Å². The molecule has 3 aromatic rings. The number of nitrogens with one attached hydrogen (secondary N) is 1. The molecule has 0 spiro atoms. The lowest BCUT2D eigenvalue weighted by molar-refractivity contribution is 0.355. The monoisotopic (exact) mass is 410 g/mol. The first-order chi connectivity index (χ1) is 14.4. The Kier molecular flexibility index (Phi) is 6.20. The number of aromatic nitrogens is 1. The van der Waals surface area contributed by atoms with Crippen molar-refractivity contribution in [2.24, 2.45) is 0 Å². The van der Waals surface area contributed by atoms with Crippen molar-refractivity contribution in [2.45, 2.75) is 13.8 Å². The Bertz CT molecular complexity index is 1120. The fourth-order valence-electron chi connectivity index (χ4n) is 3.31. The van der Waals surface area contributed by atoms with Gasteiger partial charge >= 0.3 is 0 Å². The predicted octanol–water partition coefficient (Wildman–Crippen LogP) is 4.23. The summed E-state index contributed by atoms with van der Waals surface area (Å²) in [5.74, 6) is 2.41. The number of anilines is 2. The number of methoxy groups -OCH3 is 4. The van der Waals surface area contributed by atoms with Crippen molar-refractivity contribution in [1.82, 2.24) is 4.57 Å². The molecular weight excluding hydrogens is 384 g/mol. The topological polar surface area (TPSA) is 71.0 Å². The van der Waals surface area contributed by atoms with Crippen LogP contribution in [0.15, 0.2) is 47.3 Å². The summed E-state index contributed by atoms with van der Waals surface area (Å²) in [5, 5.41) is 3.31. The second kappa shape index (κ2) is 8.82. The van der Waals surface area contributed by atoms with Gasteiger partial charge in [0.25, 0.3) is 5.56 Å². The van der Waals surface area contributed by atoms with Crippen LogP contribution in [0.4, 0.5) is 11.4 Å². The number of nitrogens with zero attached hydrogens (tertiary/aromatic N) is 1. The van der Waals surface area contributed by atoms with Crippen LogP contribution < -0.4 is 29.8 Å². The van der Waals surface area contributed by atoms with Crippen LogP contribution in [0.25, 0.3) is 5.69 Å². The molecule has 0 unspecified atom stereocenters. The lowest BCUT2D eigenvalue weighted by Crippen LogP contribution is -2.24. The third-order valence-corrected chi connectivity index (χ3v) is 4.92. The smallest absolute Gasteiger partial charge is 0.260 e. The van der Waals surface area contributed by atoms with Gasteiger partial charge in [0.05, 0.1) is 34.1 Å². The van der Waals surface area contributed by atoms with Gasteiger partial charge in [0.15, 0.2) is 23.0 Å². The van der Waals surface area contributed by atoms with E-state index < -0.39 is 0 Å². The van der Waals surface area contributed by atoms with Crippen molar-refractivity contribution >= 4 is 11.4 Å². The zero-order valence-corrected chi connectivity index (χ0v) is 18.0. The second-order valence-electron chi connectivity index (χ2n) is 6.70. The Balaban J connectivity index is 2.03. The number of aryl methyl sites for hydroxylation is 1. The van der Waals surface area contributed by atoms with Crippen LogP contribution in [0.1, 0.15) is 11.3 Å². The summed E-state index contributed by atoms with van der Waals surface area (Å²) >= 11 is 0. The number of rotatable bonds is 7. The number of pyridine rings is 1. The molecule has 0 aliphatic rings. The summed E-state index contributed by atoms with van der Waals surface area (Å²) in [7, 11) is 6.32. The number of hydrogen-bond donors (Lipinski definition) is 1. The summed E-state index contributed by atoms with van der Waals surface area (Å²) in [6, 6.07) is 12.8. The van der Waals surface area contributed by atoms with Crippen molar-refractivity contribution < 1.29 is 18.9 Å². The number of ether oxygens (including phenoxy) is 4. The van der Waals surface area contributed by atoms with E-state index in [1.165, 1.54) is 0 Å². The summed E-state index contributed by atoms with van der Waals surface area (Å²) in [6.45, 7) is 3.68. The first-order valence-electron chi connectivity index (χ1n) is 9.38. The highest BCUT2D eigenvalue weighted by Crippen LogP contribution is 2.32. The van der Waals surface area contributed by atoms with Gasteiger partial charge in [-0.2, -0.15) is 0 Å². The van der Waals surface area contributed by atoms with Crippen LogP contribution in [-0.2, 0) is 0 Å². The van der Waals surface area contributed by atoms with Crippen molar-refractivity contribution in [1.29, 1.82) is 0 Å². The van der Waals surface area contributed by atoms with Crippen LogP contribution in [0.5, 0.6) is 23.0 Å². The van der Waals surface area contributed by atoms with E-state index in [0.29, 0.717) is 34.2 Å². The van der Waals surface area contributed by atoms with Gasteiger partial charge in [0, 0.05) is 34.8 Å². The van der Waals surface area contributed by atoms with Crippen LogP contribution >= 0.6 is 0 Å². The minimum atomic E-state index is -0.120. The highest BCUT2D eigenvalue weighted by atomic mass is 16.5. The molecule has 158 valence electrons. The lowest BCUT2D eigenvalue weighted by Gasteiger charge is -2.17. The first-order valence-corrected chi connectivity index (χ1v) is 9.38. The van der Waals surface area contributed by atoms with Crippen LogP contribution in [0.3, 0.4) is 0 Å². The zero-order valence-electron chi connectivity index (χ0n) is 18.0. The maximum Gasteiger partial charge on any atom is 0.260 e. The average molecular weight is 410 g/mol. The van der Waals surface area contributed by atoms with Crippen LogP contribution in [-0.4, -0.2) is 33.0 Å². The fourth-order valence-corrected chi connectivity index (χ4v) is 3.31. The van der Waals surface area contributed by atoms with Crippen molar-refractivity contribution in [2.75, 3.05) is 33.8 Å². The maximum atomic E-state index is 13.2. The van der Waals surface area contributed by atoms with Crippen molar-refractivity contribution in [3.05, 3.63) is 64.1 Å². The molecule has 0 bridgehead atoms. The molecule has 2 aromatic carbocycles. The molecule has 0 amide bonds. The van der Waals surface area contributed by atoms with Crippen LogP contribution in [0, 0.1) is 13.8 Å². The molecule has 7 nitrogen and oxygen atoms in total. The molecule has 0 radical (unpaired) electrons. The molecule has 0 saturated heterocycles. The molecule has 0 fully saturated rings. The van der Waals surface area contributed by atoms with Gasteiger partial charge in [-0.25, -0.2) is 0 Å². The van der Waals surface area contributed by atoms with Gasteiger partial charge in [-0.1, -0.05) is 0 Å². The molecule has 3 rings (SSSR count). The lowest BCUT2D eigenvalue weighted by atomic mass is 10.1. The quantitative estimate of drug-likeness (QED) is 0.629. The van der Waals surface area contributed by atoms with Crippen molar-refractivity contribution in [3.63, 3.8) is 0 Å². The third kappa shape index (κ3) is 3.91. The summed E-state index contributed by atoms with van der Waals surface area (Å²) in [5.41, 5.74) is 3.46. The van der Waals surface area contributed by atoms with E-state index in [2.05, 4.69) is 5.32 Å². The van der Waals surface area contributed by atoms with Gasteiger partial charge < -0.3 is 24.3 Å². The minimum Gasteiger partial charge on any atom is -0.493 e. The Labute approximate surface area is 175 Å². The maximum absolute atomic E-state index is 13.2. The Hall–Kier alpha value is -3.61. The molecule has 0 saturated carbocycles. The summed E-state index contributed by atoms with van der Waals surface area (Å²) in [4.78, 5) is 13.2. The zero-order chi connectivity index (χ0) is 21.8. The molecular formula is C23H26N2O5. The molecule has 7 heteroatoms. The van der Waals surface area contributed by atoms with Gasteiger partial charge in [-0.3, -0.25) is 9.36 Å². The van der Waals surface area contributed by atoms with Crippen molar-refractivity contribution in [3.8, 4) is 28.7 Å². The van der Waals surface area contributed by atoms with Crippen LogP contribution in [0.2, 0.25) is 0 Å². The number of benzene rings is 2. The standard InChI is InChI=1S/C23H26N2O5/c1-14-11-18(24-16-7-9-19(27-3)21(12-16)29-5)15(2)23(26)25(14)17-8-10-20(28-4)22(13-17)30-6/h7-13,24H,1-6H3. The van der Waals surface area contributed by atoms with Gasteiger partial charge in [-0.05, 0) is 44.2 Å². The Morgan fingerprint density at radius 1 is 0.733 bits per heavy atom. The van der Waals surface area contributed by atoms with E-state index in [1.807, 2.05) is 37.3 Å². The largest absolute Gasteiger partial charge is 0.493 e. The summed E-state index contributed by atoms with van der Waals surface area (Å²) in [6.07, 6.45) is 0. The fraction of sp³-hybridized carbons (Fsp3) is 0.261. The predicted molar refractivity (Wildman–Crippen MR) is 117 cm³/mol. The SMILES string of the molecule is COc1ccc(Nc2cc(C)n(-c3ccc(OC)c(OC)c3)c(=O)c2C)cc1OC. The van der Waals surface area contributed by atoms with Gasteiger partial charge in [-0.15, -0.1) is 0 Å². The van der Waals surface area contributed by atoms with Gasteiger partial charge in [0.1, 0.15) is 0 Å². The molecule has 0 aliphatic carbocycles. The minimum absolute atomic E-state index is 0.120. The van der Waals surface area contributed by atoms with E-state index in [4.69, 9.17) is 18.9 Å². The Morgan fingerprint density at radius 2 is 1.30 bits per heavy atom. The molecule has 30 heavy (non-hydrogen) atoms. The van der Waals surface area contributed by atoms with E-state index in [-0.39, 0.29) is 5.56 Å². The average Bonchev–Trinajstić information content (AvgIpc) is 2.77. The molecule has 0 aliphatic heterocycles.